The molecule has 1 atom stereocenters. The van der Waals surface area contributed by atoms with Gasteiger partial charge in [-0.1, -0.05) is 19.1 Å². The Balaban J connectivity index is 3.04. The van der Waals surface area contributed by atoms with E-state index >= 15 is 0 Å². The number of halogens is 1. The molecule has 0 saturated heterocycles. The third kappa shape index (κ3) is 2.79. The summed E-state index contributed by atoms with van der Waals surface area (Å²) in [5.41, 5.74) is 0. The highest BCUT2D eigenvalue weighted by Crippen LogP contribution is 2.17. The van der Waals surface area contributed by atoms with Crippen molar-refractivity contribution in [3.8, 4) is 0 Å². The van der Waals surface area contributed by atoms with Gasteiger partial charge in [0.25, 0.3) is 0 Å². The third-order valence-corrected chi connectivity index (χ3v) is 4.00. The molecule has 1 aromatic rings. The van der Waals surface area contributed by atoms with Crippen LogP contribution in [0.15, 0.2) is 29.2 Å². The molecule has 1 unspecified atom stereocenters. The number of hydrogen-bond donors (Lipinski definition) is 1. The van der Waals surface area contributed by atoms with Crippen LogP contribution in [0.3, 0.4) is 0 Å². The normalized spacial score (nSPS) is 13.4. The van der Waals surface area contributed by atoms with Crippen LogP contribution in [0.4, 0.5) is 4.39 Å². The molecule has 16 heavy (non-hydrogen) atoms. The summed E-state index contributed by atoms with van der Waals surface area (Å²) in [5.74, 6) is -3.76. The molecule has 88 valence electrons. The molecule has 0 bridgehead atoms. The molecule has 1 rings (SSSR count). The van der Waals surface area contributed by atoms with Crippen LogP contribution >= 0.6 is 0 Å². The Labute approximate surface area is 92.6 Å². The lowest BCUT2D eigenvalue weighted by Crippen LogP contribution is -2.21. The topological polar surface area (TPSA) is 71.4 Å². The average Bonchev–Trinajstić information content (AvgIpc) is 2.17. The maximum atomic E-state index is 13.2. The van der Waals surface area contributed by atoms with Crippen molar-refractivity contribution in [2.75, 3.05) is 5.75 Å². The number of carbonyl (C=O) groups is 1. The lowest BCUT2D eigenvalue weighted by atomic mass is 10.2. The molecular weight excluding hydrogens is 235 g/mol. The highest BCUT2D eigenvalue weighted by Gasteiger charge is 2.24. The van der Waals surface area contributed by atoms with E-state index < -0.39 is 38.2 Å². The number of aliphatic carboxylic acids is 1. The summed E-state index contributed by atoms with van der Waals surface area (Å²) in [4.78, 5) is 10.1. The molecule has 0 saturated carbocycles. The second kappa shape index (κ2) is 4.61. The molecule has 0 aliphatic carbocycles. The van der Waals surface area contributed by atoms with Crippen LogP contribution < -0.4 is 0 Å². The molecule has 1 aromatic carbocycles. The predicted molar refractivity (Wildman–Crippen MR) is 55.3 cm³/mol. The molecule has 0 aliphatic heterocycles. The molecule has 4 nitrogen and oxygen atoms in total. The van der Waals surface area contributed by atoms with Crippen molar-refractivity contribution in [1.29, 1.82) is 0 Å². The van der Waals surface area contributed by atoms with Crippen molar-refractivity contribution in [3.63, 3.8) is 0 Å². The summed E-state index contributed by atoms with van der Waals surface area (Å²) in [6.45, 7) is 1.26. The fourth-order valence-electron chi connectivity index (χ4n) is 1.19. The van der Waals surface area contributed by atoms with Gasteiger partial charge in [0.1, 0.15) is 10.7 Å². The van der Waals surface area contributed by atoms with Crippen LogP contribution in [0.5, 0.6) is 0 Å². The molecule has 0 heterocycles. The zero-order valence-electron chi connectivity index (χ0n) is 8.55. The van der Waals surface area contributed by atoms with Crippen molar-refractivity contribution < 1.29 is 22.7 Å². The Bertz CT molecular complexity index is 495. The van der Waals surface area contributed by atoms with Gasteiger partial charge in [-0.05, 0) is 12.1 Å². The second-order valence-corrected chi connectivity index (χ2v) is 5.45. The minimum atomic E-state index is -3.89. The Morgan fingerprint density at radius 2 is 2.00 bits per heavy atom. The summed E-state index contributed by atoms with van der Waals surface area (Å²) < 4.78 is 36.5. The van der Waals surface area contributed by atoms with E-state index in [2.05, 4.69) is 0 Å². The summed E-state index contributed by atoms with van der Waals surface area (Å²) in [5, 5.41) is 8.60. The van der Waals surface area contributed by atoms with Gasteiger partial charge in [-0.25, -0.2) is 12.8 Å². The monoisotopic (exact) mass is 246 g/mol. The summed E-state index contributed by atoms with van der Waals surface area (Å²) in [7, 11) is -3.89. The molecule has 6 heteroatoms. The second-order valence-electron chi connectivity index (χ2n) is 3.45. The van der Waals surface area contributed by atoms with Crippen molar-refractivity contribution in [3.05, 3.63) is 30.1 Å². The number of carboxylic acids is 1. The van der Waals surface area contributed by atoms with Gasteiger partial charge in [0, 0.05) is 0 Å². The lowest BCUT2D eigenvalue weighted by Gasteiger charge is -2.08. The van der Waals surface area contributed by atoms with E-state index in [1.807, 2.05) is 0 Å². The first-order valence-corrected chi connectivity index (χ1v) is 6.20. The maximum Gasteiger partial charge on any atom is 0.307 e. The Hall–Kier alpha value is -1.43. The van der Waals surface area contributed by atoms with Gasteiger partial charge in [-0.3, -0.25) is 4.79 Å². The van der Waals surface area contributed by atoms with Gasteiger partial charge in [0.15, 0.2) is 9.84 Å². The summed E-state index contributed by atoms with van der Waals surface area (Å²) in [6.07, 6.45) is 0. The molecule has 0 fully saturated rings. The zero-order valence-corrected chi connectivity index (χ0v) is 9.37. The number of rotatable bonds is 4. The van der Waals surface area contributed by atoms with E-state index in [9.17, 15) is 17.6 Å². The van der Waals surface area contributed by atoms with Crippen molar-refractivity contribution >= 4 is 15.8 Å². The average molecular weight is 246 g/mol. The first-order chi connectivity index (χ1) is 7.34. The number of benzene rings is 1. The van der Waals surface area contributed by atoms with Crippen molar-refractivity contribution in [2.24, 2.45) is 5.92 Å². The van der Waals surface area contributed by atoms with Crippen LogP contribution in [0, 0.1) is 11.7 Å². The Morgan fingerprint density at radius 3 is 2.50 bits per heavy atom. The number of sulfone groups is 1. The van der Waals surface area contributed by atoms with E-state index in [0.717, 1.165) is 12.1 Å². The van der Waals surface area contributed by atoms with Gasteiger partial charge in [0.2, 0.25) is 0 Å². The fourth-order valence-corrected chi connectivity index (χ4v) is 2.82. The maximum absolute atomic E-state index is 13.2. The molecule has 0 spiro atoms. The van der Waals surface area contributed by atoms with Crippen LogP contribution in [-0.2, 0) is 14.6 Å². The molecule has 0 aliphatic rings. The van der Waals surface area contributed by atoms with Gasteiger partial charge in [-0.15, -0.1) is 0 Å². The number of hydrogen-bond acceptors (Lipinski definition) is 3. The first-order valence-electron chi connectivity index (χ1n) is 4.54. The van der Waals surface area contributed by atoms with Crippen molar-refractivity contribution in [2.45, 2.75) is 11.8 Å². The van der Waals surface area contributed by atoms with E-state index in [1.165, 1.54) is 19.1 Å². The molecule has 0 amide bonds. The highest BCUT2D eigenvalue weighted by atomic mass is 32.2. The van der Waals surface area contributed by atoms with Crippen LogP contribution in [0.1, 0.15) is 6.92 Å². The Morgan fingerprint density at radius 1 is 1.44 bits per heavy atom. The lowest BCUT2D eigenvalue weighted by molar-refractivity contribution is -0.140. The fraction of sp³-hybridized carbons (Fsp3) is 0.300. The third-order valence-electron chi connectivity index (χ3n) is 2.06. The minimum absolute atomic E-state index is 0.455. The molecule has 0 radical (unpaired) electrons. The molecular formula is C10H11FO4S. The van der Waals surface area contributed by atoms with E-state index in [0.29, 0.717) is 0 Å². The summed E-state index contributed by atoms with van der Waals surface area (Å²) in [6, 6.07) is 4.91. The van der Waals surface area contributed by atoms with Crippen LogP contribution in [-0.4, -0.2) is 25.2 Å². The molecule has 1 N–H and O–H groups in total. The smallest absolute Gasteiger partial charge is 0.307 e. The van der Waals surface area contributed by atoms with Crippen LogP contribution in [0.2, 0.25) is 0 Å². The van der Waals surface area contributed by atoms with Crippen molar-refractivity contribution in [1.82, 2.24) is 0 Å². The summed E-state index contributed by atoms with van der Waals surface area (Å²) >= 11 is 0. The molecule has 0 aromatic heterocycles. The highest BCUT2D eigenvalue weighted by molar-refractivity contribution is 7.91. The van der Waals surface area contributed by atoms with Crippen LogP contribution in [0.25, 0.3) is 0 Å². The quantitative estimate of drug-likeness (QED) is 0.869. The van der Waals surface area contributed by atoms with Gasteiger partial charge >= 0.3 is 5.97 Å². The largest absolute Gasteiger partial charge is 0.481 e. The minimum Gasteiger partial charge on any atom is -0.481 e. The van der Waals surface area contributed by atoms with E-state index in [1.54, 1.807) is 0 Å². The van der Waals surface area contributed by atoms with Gasteiger partial charge in [0.05, 0.1) is 11.7 Å². The standard InChI is InChI=1S/C10H11FO4S/c1-7(10(12)13)6-16(14,15)9-5-3-2-4-8(9)11/h2-5,7H,6H2,1H3,(H,12,13). The predicted octanol–water partition coefficient (Wildman–Crippen LogP) is 1.32. The van der Waals surface area contributed by atoms with Gasteiger partial charge in [-0.2, -0.15) is 0 Å². The first kappa shape index (κ1) is 12.6. The zero-order chi connectivity index (χ0) is 12.3. The van der Waals surface area contributed by atoms with E-state index in [-0.39, 0.29) is 0 Å². The number of carboxylic acid groups (broad SMARTS) is 1. The van der Waals surface area contributed by atoms with E-state index in [4.69, 9.17) is 5.11 Å². The Kier molecular flexibility index (Phi) is 3.64. The van der Waals surface area contributed by atoms with Gasteiger partial charge < -0.3 is 5.11 Å². The SMILES string of the molecule is CC(CS(=O)(=O)c1ccccc1F)C(=O)O.